The molecule has 108 valence electrons. The number of anilines is 3. The second-order valence-electron chi connectivity index (χ2n) is 5.87. The summed E-state index contributed by atoms with van der Waals surface area (Å²) in [5.74, 6) is 0. The van der Waals surface area contributed by atoms with Crippen molar-refractivity contribution in [1.29, 1.82) is 0 Å². The van der Waals surface area contributed by atoms with E-state index in [0.717, 1.165) is 25.2 Å². The number of hydrazine groups is 1. The van der Waals surface area contributed by atoms with E-state index in [1.165, 1.54) is 22.5 Å². The highest BCUT2D eigenvalue weighted by atomic mass is 15.5. The van der Waals surface area contributed by atoms with Gasteiger partial charge in [0.1, 0.15) is 0 Å². The molecule has 1 unspecified atom stereocenters. The molecular formula is C17H20N4. The molecule has 0 radical (unpaired) electrons. The van der Waals surface area contributed by atoms with Crippen LogP contribution >= 0.6 is 0 Å². The van der Waals surface area contributed by atoms with E-state index < -0.39 is 0 Å². The number of benzene rings is 2. The van der Waals surface area contributed by atoms with Crippen molar-refractivity contribution in [2.24, 2.45) is 0 Å². The Balaban J connectivity index is 1.61. The zero-order chi connectivity index (χ0) is 14.4. The Labute approximate surface area is 125 Å². The molecule has 0 saturated heterocycles. The van der Waals surface area contributed by atoms with Gasteiger partial charge in [-0.25, -0.2) is 5.43 Å². The van der Waals surface area contributed by atoms with Crippen molar-refractivity contribution >= 4 is 17.1 Å². The van der Waals surface area contributed by atoms with Gasteiger partial charge in [-0.15, -0.1) is 0 Å². The van der Waals surface area contributed by atoms with Crippen molar-refractivity contribution in [2.45, 2.75) is 12.5 Å². The summed E-state index contributed by atoms with van der Waals surface area (Å²) in [7, 11) is 2.15. The van der Waals surface area contributed by atoms with Crippen molar-refractivity contribution in [3.05, 3.63) is 53.6 Å². The molecule has 2 aromatic carbocycles. The maximum Gasteiger partial charge on any atom is 0.0707 e. The van der Waals surface area contributed by atoms with Gasteiger partial charge in [0.25, 0.3) is 0 Å². The average Bonchev–Trinajstić information content (AvgIpc) is 3.04. The van der Waals surface area contributed by atoms with Crippen LogP contribution in [-0.2, 0) is 6.42 Å². The summed E-state index contributed by atoms with van der Waals surface area (Å²) in [6.07, 6.45) is 1.01. The Morgan fingerprint density at radius 1 is 1.10 bits per heavy atom. The van der Waals surface area contributed by atoms with Crippen molar-refractivity contribution in [3.63, 3.8) is 0 Å². The number of nitrogen functional groups attached to an aromatic ring is 1. The standard InChI is InChI=1S/C17H20N4/c1-20-11-15(13-5-2-3-7-16(13)20)19-21-10-9-12-14(18)6-4-8-17(12)21/h2-8,15,19H,9-11,18H2,1H3. The highest BCUT2D eigenvalue weighted by Gasteiger charge is 2.29. The van der Waals surface area contributed by atoms with E-state index in [4.69, 9.17) is 5.73 Å². The number of nitrogens with two attached hydrogens (primary N) is 1. The van der Waals surface area contributed by atoms with Gasteiger partial charge in [0.05, 0.1) is 11.7 Å². The minimum absolute atomic E-state index is 0.332. The Morgan fingerprint density at radius 3 is 2.81 bits per heavy atom. The molecule has 2 aliphatic heterocycles. The number of hydrogen-bond acceptors (Lipinski definition) is 4. The average molecular weight is 280 g/mol. The molecule has 2 heterocycles. The van der Waals surface area contributed by atoms with Gasteiger partial charge in [-0.1, -0.05) is 24.3 Å². The van der Waals surface area contributed by atoms with E-state index in [2.05, 4.69) is 52.7 Å². The zero-order valence-corrected chi connectivity index (χ0v) is 12.2. The SMILES string of the molecule is CN1CC(NN2CCc3c(N)cccc32)c2ccccc21. The van der Waals surface area contributed by atoms with Gasteiger partial charge in [-0.05, 0) is 30.2 Å². The van der Waals surface area contributed by atoms with Crippen molar-refractivity contribution < 1.29 is 0 Å². The first-order chi connectivity index (χ1) is 10.2. The first-order valence-corrected chi connectivity index (χ1v) is 7.45. The Kier molecular flexibility index (Phi) is 2.79. The molecule has 0 bridgehead atoms. The van der Waals surface area contributed by atoms with Crippen molar-refractivity contribution in [1.82, 2.24) is 5.43 Å². The van der Waals surface area contributed by atoms with Gasteiger partial charge in [0, 0.05) is 37.1 Å². The van der Waals surface area contributed by atoms with Crippen LogP contribution in [0.2, 0.25) is 0 Å². The molecule has 2 aliphatic rings. The molecule has 4 nitrogen and oxygen atoms in total. The summed E-state index contributed by atoms with van der Waals surface area (Å²) < 4.78 is 0. The molecule has 0 saturated carbocycles. The fourth-order valence-electron chi connectivity index (χ4n) is 3.49. The van der Waals surface area contributed by atoms with E-state index in [1.54, 1.807) is 0 Å². The summed E-state index contributed by atoms with van der Waals surface area (Å²) in [5, 5.41) is 2.26. The topological polar surface area (TPSA) is 44.5 Å². The van der Waals surface area contributed by atoms with Crippen LogP contribution in [0.3, 0.4) is 0 Å². The minimum atomic E-state index is 0.332. The second-order valence-corrected chi connectivity index (χ2v) is 5.87. The minimum Gasteiger partial charge on any atom is -0.398 e. The molecule has 3 N–H and O–H groups in total. The number of rotatable bonds is 2. The maximum atomic E-state index is 6.08. The van der Waals surface area contributed by atoms with E-state index >= 15 is 0 Å². The van der Waals surface area contributed by atoms with Crippen LogP contribution < -0.4 is 21.1 Å². The smallest absolute Gasteiger partial charge is 0.0707 e. The lowest BCUT2D eigenvalue weighted by Crippen LogP contribution is -2.40. The van der Waals surface area contributed by atoms with Gasteiger partial charge in [-0.3, -0.25) is 0 Å². The molecule has 0 aliphatic carbocycles. The van der Waals surface area contributed by atoms with E-state index in [-0.39, 0.29) is 0 Å². The molecule has 0 spiro atoms. The van der Waals surface area contributed by atoms with E-state index in [1.807, 2.05) is 12.1 Å². The summed E-state index contributed by atoms with van der Waals surface area (Å²) >= 11 is 0. The van der Waals surface area contributed by atoms with E-state index in [9.17, 15) is 0 Å². The van der Waals surface area contributed by atoms with Gasteiger partial charge >= 0.3 is 0 Å². The predicted molar refractivity (Wildman–Crippen MR) is 87.5 cm³/mol. The molecule has 1 atom stereocenters. The van der Waals surface area contributed by atoms with Gasteiger partial charge in [0.15, 0.2) is 0 Å². The molecule has 21 heavy (non-hydrogen) atoms. The monoisotopic (exact) mass is 280 g/mol. The Hall–Kier alpha value is -2.20. The first kappa shape index (κ1) is 12.5. The number of hydrogen-bond donors (Lipinski definition) is 2. The quantitative estimate of drug-likeness (QED) is 0.829. The van der Waals surface area contributed by atoms with Crippen LogP contribution in [0.1, 0.15) is 17.2 Å². The van der Waals surface area contributed by atoms with E-state index in [0.29, 0.717) is 6.04 Å². The summed E-state index contributed by atoms with van der Waals surface area (Å²) in [4.78, 5) is 2.31. The number of fused-ring (bicyclic) bond motifs is 2. The predicted octanol–water partition coefficient (Wildman–Crippen LogP) is 2.33. The lowest BCUT2D eigenvalue weighted by molar-refractivity contribution is 0.534. The molecule has 4 heteroatoms. The number of likely N-dealkylation sites (N-methyl/N-ethyl adjacent to an activating group) is 1. The number of nitrogens with one attached hydrogen (secondary N) is 1. The molecule has 0 amide bonds. The van der Waals surface area contributed by atoms with Crippen LogP contribution in [0.25, 0.3) is 0 Å². The van der Waals surface area contributed by atoms with Crippen LogP contribution in [0.5, 0.6) is 0 Å². The van der Waals surface area contributed by atoms with Gasteiger partial charge < -0.3 is 15.6 Å². The van der Waals surface area contributed by atoms with Gasteiger partial charge in [-0.2, -0.15) is 0 Å². The first-order valence-electron chi connectivity index (χ1n) is 7.45. The molecule has 2 aromatic rings. The Morgan fingerprint density at radius 2 is 1.90 bits per heavy atom. The van der Waals surface area contributed by atoms with Crippen LogP contribution in [0.4, 0.5) is 17.1 Å². The molecule has 4 rings (SSSR count). The van der Waals surface area contributed by atoms with Crippen LogP contribution in [-0.4, -0.2) is 20.1 Å². The van der Waals surface area contributed by atoms with Gasteiger partial charge in [0.2, 0.25) is 0 Å². The third-order valence-corrected chi connectivity index (χ3v) is 4.56. The molecule has 0 fully saturated rings. The van der Waals surface area contributed by atoms with Crippen LogP contribution in [0.15, 0.2) is 42.5 Å². The summed E-state index contributed by atoms with van der Waals surface area (Å²) in [5.41, 5.74) is 15.9. The number of nitrogens with zero attached hydrogens (tertiary/aromatic N) is 2. The van der Waals surface area contributed by atoms with Crippen molar-refractivity contribution in [2.75, 3.05) is 35.8 Å². The largest absolute Gasteiger partial charge is 0.398 e. The summed E-state index contributed by atoms with van der Waals surface area (Å²) in [6, 6.07) is 15.1. The third kappa shape index (κ3) is 1.94. The Bertz CT molecular complexity index is 682. The molecular weight excluding hydrogens is 260 g/mol. The number of para-hydroxylation sites is 1. The zero-order valence-electron chi connectivity index (χ0n) is 12.2. The highest BCUT2D eigenvalue weighted by Crippen LogP contribution is 2.36. The fourth-order valence-corrected chi connectivity index (χ4v) is 3.49. The third-order valence-electron chi connectivity index (χ3n) is 4.56. The summed E-state index contributed by atoms with van der Waals surface area (Å²) in [6.45, 7) is 1.97. The highest BCUT2D eigenvalue weighted by molar-refractivity contribution is 5.68. The fraction of sp³-hybridized carbons (Fsp3) is 0.294. The van der Waals surface area contributed by atoms with Crippen molar-refractivity contribution in [3.8, 4) is 0 Å². The van der Waals surface area contributed by atoms with Crippen LogP contribution in [0, 0.1) is 0 Å². The maximum absolute atomic E-state index is 6.08. The lowest BCUT2D eigenvalue weighted by atomic mass is 10.1. The second kappa shape index (κ2) is 4.67. The lowest BCUT2D eigenvalue weighted by Gasteiger charge is -2.25. The normalized spacial score (nSPS) is 19.8. The molecule has 0 aromatic heterocycles.